The molecule has 3 heteroatoms. The van der Waals surface area contributed by atoms with E-state index in [0.717, 1.165) is 32.5 Å². The van der Waals surface area contributed by atoms with E-state index in [1.54, 1.807) is 0 Å². The molecule has 0 amide bonds. The molecule has 1 aromatic heterocycles. The predicted molar refractivity (Wildman–Crippen MR) is 120 cm³/mol. The molecule has 0 spiro atoms. The molecule has 0 fully saturated rings. The van der Waals surface area contributed by atoms with Crippen molar-refractivity contribution in [1.29, 1.82) is 0 Å². The lowest BCUT2D eigenvalue weighted by Crippen LogP contribution is -2.38. The summed E-state index contributed by atoms with van der Waals surface area (Å²) < 4.78 is 1.00. The number of aromatic nitrogens is 1. The average Bonchev–Trinajstić information content (AvgIpc) is 2.76. The van der Waals surface area contributed by atoms with Gasteiger partial charge >= 0.3 is 0 Å². The van der Waals surface area contributed by atoms with E-state index in [-0.39, 0.29) is 0 Å². The van der Waals surface area contributed by atoms with Gasteiger partial charge in [-0.2, -0.15) is 0 Å². The number of aryl methyl sites for hydroxylation is 1. The standard InChI is InChI=1S/C25H21BrN2/c1-19-17-24(27-18-23(19)26)28-25(20-11-5-2-6-12-20,21-13-7-3-8-14-21)22-15-9-4-10-16-22/h2-18H,1H3,(H,27,28). The van der Waals surface area contributed by atoms with Crippen LogP contribution in [-0.2, 0) is 5.54 Å². The van der Waals surface area contributed by atoms with E-state index >= 15 is 0 Å². The van der Waals surface area contributed by atoms with E-state index in [4.69, 9.17) is 0 Å². The van der Waals surface area contributed by atoms with E-state index in [9.17, 15) is 0 Å². The molecule has 0 radical (unpaired) electrons. The zero-order valence-corrected chi connectivity index (χ0v) is 17.2. The first-order valence-electron chi connectivity index (χ1n) is 9.27. The Morgan fingerprint density at radius 2 is 1.14 bits per heavy atom. The lowest BCUT2D eigenvalue weighted by Gasteiger charge is -2.37. The van der Waals surface area contributed by atoms with Gasteiger partial charge in [-0.15, -0.1) is 0 Å². The molecule has 0 saturated heterocycles. The Bertz CT molecular complexity index is 951. The number of hydrogen-bond donors (Lipinski definition) is 1. The average molecular weight is 429 g/mol. The van der Waals surface area contributed by atoms with Crippen LogP contribution in [0, 0.1) is 6.92 Å². The van der Waals surface area contributed by atoms with Gasteiger partial charge in [-0.05, 0) is 51.2 Å². The van der Waals surface area contributed by atoms with Gasteiger partial charge in [-0.3, -0.25) is 0 Å². The maximum atomic E-state index is 4.64. The minimum atomic E-state index is -0.558. The Morgan fingerprint density at radius 3 is 1.54 bits per heavy atom. The molecule has 0 aliphatic rings. The second-order valence-electron chi connectivity index (χ2n) is 6.79. The van der Waals surface area contributed by atoms with Gasteiger partial charge in [0.25, 0.3) is 0 Å². The van der Waals surface area contributed by atoms with E-state index in [0.29, 0.717) is 0 Å². The van der Waals surface area contributed by atoms with Crippen LogP contribution in [0.15, 0.2) is 108 Å². The Kier molecular flexibility index (Phi) is 5.27. The number of pyridine rings is 1. The topological polar surface area (TPSA) is 24.9 Å². The maximum Gasteiger partial charge on any atom is 0.127 e. The van der Waals surface area contributed by atoms with Crippen LogP contribution >= 0.6 is 15.9 Å². The molecule has 2 nitrogen and oxygen atoms in total. The predicted octanol–water partition coefficient (Wildman–Crippen LogP) is 6.56. The summed E-state index contributed by atoms with van der Waals surface area (Å²) in [5.41, 5.74) is 4.07. The molecule has 28 heavy (non-hydrogen) atoms. The second-order valence-corrected chi connectivity index (χ2v) is 7.65. The van der Waals surface area contributed by atoms with Crippen molar-refractivity contribution < 1.29 is 0 Å². The summed E-state index contributed by atoms with van der Waals surface area (Å²) in [7, 11) is 0. The molecule has 4 aromatic rings. The molecule has 0 aliphatic carbocycles. The number of rotatable bonds is 5. The first-order chi connectivity index (χ1) is 13.7. The number of benzene rings is 3. The van der Waals surface area contributed by atoms with Gasteiger partial charge in [-0.25, -0.2) is 4.98 Å². The zero-order chi connectivity index (χ0) is 19.4. The Hall–Kier alpha value is -2.91. The van der Waals surface area contributed by atoms with Crippen LogP contribution < -0.4 is 5.32 Å². The number of hydrogen-bond acceptors (Lipinski definition) is 2. The third-order valence-electron chi connectivity index (χ3n) is 4.98. The van der Waals surface area contributed by atoms with Crippen LogP contribution in [0.1, 0.15) is 22.3 Å². The van der Waals surface area contributed by atoms with Crippen molar-refractivity contribution in [3.05, 3.63) is 130 Å². The number of halogens is 1. The van der Waals surface area contributed by atoms with Gasteiger partial charge in [0.1, 0.15) is 11.4 Å². The van der Waals surface area contributed by atoms with Gasteiger partial charge in [0.2, 0.25) is 0 Å². The molecule has 138 valence electrons. The molecule has 0 atom stereocenters. The highest BCUT2D eigenvalue weighted by Gasteiger charge is 2.36. The molecule has 0 unspecified atom stereocenters. The Balaban J connectivity index is 1.99. The van der Waals surface area contributed by atoms with E-state index in [1.807, 2.05) is 24.4 Å². The largest absolute Gasteiger partial charge is 0.353 e. The maximum absolute atomic E-state index is 4.64. The van der Waals surface area contributed by atoms with E-state index in [1.165, 1.54) is 0 Å². The first-order valence-corrected chi connectivity index (χ1v) is 10.1. The monoisotopic (exact) mass is 428 g/mol. The number of anilines is 1. The summed E-state index contributed by atoms with van der Waals surface area (Å²) in [5.74, 6) is 0.831. The molecule has 0 saturated carbocycles. The second kappa shape index (κ2) is 7.99. The third kappa shape index (κ3) is 3.46. The zero-order valence-electron chi connectivity index (χ0n) is 15.6. The highest BCUT2D eigenvalue weighted by Crippen LogP contribution is 2.39. The summed E-state index contributed by atoms with van der Waals surface area (Å²) in [4.78, 5) is 4.64. The van der Waals surface area contributed by atoms with Crippen molar-refractivity contribution in [2.45, 2.75) is 12.5 Å². The van der Waals surface area contributed by atoms with Crippen molar-refractivity contribution in [2.24, 2.45) is 0 Å². The first kappa shape index (κ1) is 18.5. The minimum absolute atomic E-state index is 0.558. The Labute approximate surface area is 174 Å². The molecule has 3 aromatic carbocycles. The fourth-order valence-corrected chi connectivity index (χ4v) is 3.80. The van der Waals surface area contributed by atoms with Crippen LogP contribution in [-0.4, -0.2) is 4.98 Å². The molecule has 1 heterocycles. The Morgan fingerprint density at radius 1 is 0.714 bits per heavy atom. The van der Waals surface area contributed by atoms with E-state index in [2.05, 4.69) is 112 Å². The number of nitrogens with one attached hydrogen (secondary N) is 1. The van der Waals surface area contributed by atoms with Crippen LogP contribution in [0.25, 0.3) is 0 Å². The van der Waals surface area contributed by atoms with Crippen molar-refractivity contribution in [2.75, 3.05) is 5.32 Å². The summed E-state index contributed by atoms with van der Waals surface area (Å²) in [6, 6.07) is 33.7. The summed E-state index contributed by atoms with van der Waals surface area (Å²) in [5, 5.41) is 3.78. The minimum Gasteiger partial charge on any atom is -0.353 e. The smallest absolute Gasteiger partial charge is 0.127 e. The molecular formula is C25H21BrN2. The summed E-state index contributed by atoms with van der Waals surface area (Å²) in [6.07, 6.45) is 1.85. The van der Waals surface area contributed by atoms with Gasteiger partial charge < -0.3 is 5.32 Å². The van der Waals surface area contributed by atoms with Crippen LogP contribution in [0.4, 0.5) is 5.82 Å². The molecule has 1 N–H and O–H groups in total. The highest BCUT2D eigenvalue weighted by atomic mass is 79.9. The molecule has 0 aliphatic heterocycles. The van der Waals surface area contributed by atoms with Gasteiger partial charge in [0.05, 0.1) is 0 Å². The SMILES string of the molecule is Cc1cc(NC(c2ccccc2)(c2ccccc2)c2ccccc2)ncc1Br. The molecule has 4 rings (SSSR count). The van der Waals surface area contributed by atoms with Crippen molar-refractivity contribution >= 4 is 21.7 Å². The molecular weight excluding hydrogens is 408 g/mol. The summed E-state index contributed by atoms with van der Waals surface area (Å²) in [6.45, 7) is 2.08. The van der Waals surface area contributed by atoms with Crippen molar-refractivity contribution in [3.63, 3.8) is 0 Å². The lowest BCUT2D eigenvalue weighted by molar-refractivity contribution is 0.706. The quantitative estimate of drug-likeness (QED) is 0.364. The fraction of sp³-hybridized carbons (Fsp3) is 0.0800. The summed E-state index contributed by atoms with van der Waals surface area (Å²) >= 11 is 3.55. The van der Waals surface area contributed by atoms with Crippen LogP contribution in [0.2, 0.25) is 0 Å². The van der Waals surface area contributed by atoms with Gasteiger partial charge in [0.15, 0.2) is 0 Å². The molecule has 0 bridgehead atoms. The number of nitrogens with zero attached hydrogens (tertiary/aromatic N) is 1. The third-order valence-corrected chi connectivity index (χ3v) is 5.81. The highest BCUT2D eigenvalue weighted by molar-refractivity contribution is 9.10. The fourth-order valence-electron chi connectivity index (χ4n) is 3.58. The lowest BCUT2D eigenvalue weighted by atomic mass is 9.77. The van der Waals surface area contributed by atoms with Crippen LogP contribution in [0.3, 0.4) is 0 Å². The van der Waals surface area contributed by atoms with Gasteiger partial charge in [0, 0.05) is 10.7 Å². The van der Waals surface area contributed by atoms with Crippen molar-refractivity contribution in [1.82, 2.24) is 4.98 Å². The van der Waals surface area contributed by atoms with Crippen LogP contribution in [0.5, 0.6) is 0 Å². The van der Waals surface area contributed by atoms with Crippen molar-refractivity contribution in [3.8, 4) is 0 Å². The van der Waals surface area contributed by atoms with Gasteiger partial charge in [-0.1, -0.05) is 91.0 Å². The van der Waals surface area contributed by atoms with E-state index < -0.39 is 5.54 Å². The normalized spacial score (nSPS) is 11.2.